The second kappa shape index (κ2) is 6.81. The van der Waals surface area contributed by atoms with Gasteiger partial charge in [0.2, 0.25) is 10.0 Å². The third kappa shape index (κ3) is 4.00. The molecule has 0 saturated heterocycles. The van der Waals surface area contributed by atoms with E-state index >= 15 is 0 Å². The quantitative estimate of drug-likeness (QED) is 0.450. The first-order valence-corrected chi connectivity index (χ1v) is 8.64. The fraction of sp³-hybridized carbons (Fsp3) is 0.250. The van der Waals surface area contributed by atoms with Crippen LogP contribution in [0.3, 0.4) is 0 Å². The smallest absolute Gasteiger partial charge is 0.287 e. The number of nitrogens with one attached hydrogen (secondary N) is 2. The maximum atomic E-state index is 11.9. The SMILES string of the molecule is Cc1cc([N+](=O)[O-])cnc1NCCNS(=O)(=O)c1cccs1. The molecule has 0 aliphatic rings. The first-order chi connectivity index (χ1) is 10.4. The molecule has 0 aliphatic carbocycles. The zero-order chi connectivity index (χ0) is 16.2. The van der Waals surface area contributed by atoms with Crippen molar-refractivity contribution < 1.29 is 13.3 Å². The van der Waals surface area contributed by atoms with Crippen molar-refractivity contribution in [1.82, 2.24) is 9.71 Å². The molecule has 0 amide bonds. The maximum absolute atomic E-state index is 11.9. The van der Waals surface area contributed by atoms with Gasteiger partial charge in [-0.15, -0.1) is 11.3 Å². The lowest BCUT2D eigenvalue weighted by Crippen LogP contribution is -2.28. The van der Waals surface area contributed by atoms with Crippen molar-refractivity contribution >= 4 is 32.9 Å². The number of hydrogen-bond donors (Lipinski definition) is 2. The number of sulfonamides is 1. The average molecular weight is 342 g/mol. The predicted molar refractivity (Wildman–Crippen MR) is 83.6 cm³/mol. The number of anilines is 1. The lowest BCUT2D eigenvalue weighted by Gasteiger charge is -2.09. The molecule has 8 nitrogen and oxygen atoms in total. The molecule has 0 atom stereocenters. The van der Waals surface area contributed by atoms with E-state index in [0.29, 0.717) is 17.9 Å². The lowest BCUT2D eigenvalue weighted by molar-refractivity contribution is -0.385. The molecule has 118 valence electrons. The Morgan fingerprint density at radius 1 is 1.41 bits per heavy atom. The third-order valence-electron chi connectivity index (χ3n) is 2.74. The summed E-state index contributed by atoms with van der Waals surface area (Å²) in [7, 11) is -3.48. The zero-order valence-electron chi connectivity index (χ0n) is 11.6. The molecule has 0 unspecified atom stereocenters. The Hall–Kier alpha value is -2.04. The summed E-state index contributed by atoms with van der Waals surface area (Å²) in [5, 5.41) is 15.2. The summed E-state index contributed by atoms with van der Waals surface area (Å²) in [5.74, 6) is 0.487. The van der Waals surface area contributed by atoms with E-state index in [-0.39, 0.29) is 16.4 Å². The van der Waals surface area contributed by atoms with Gasteiger partial charge in [0.05, 0.1) is 4.92 Å². The molecule has 0 spiro atoms. The molecule has 10 heteroatoms. The van der Waals surface area contributed by atoms with E-state index < -0.39 is 14.9 Å². The molecule has 0 radical (unpaired) electrons. The summed E-state index contributed by atoms with van der Waals surface area (Å²) in [6, 6.07) is 4.61. The fourth-order valence-corrected chi connectivity index (χ4v) is 3.77. The summed E-state index contributed by atoms with van der Waals surface area (Å²) < 4.78 is 26.5. The standard InChI is InChI=1S/C12H14N4O4S2/c1-9-7-10(16(17)18)8-14-12(9)13-4-5-15-22(19,20)11-3-2-6-21-11/h2-3,6-8,15H,4-5H2,1H3,(H,13,14). The molecule has 0 bridgehead atoms. The Morgan fingerprint density at radius 2 is 2.18 bits per heavy atom. The van der Waals surface area contributed by atoms with Gasteiger partial charge in [-0.25, -0.2) is 18.1 Å². The van der Waals surface area contributed by atoms with Gasteiger partial charge < -0.3 is 5.32 Å². The first kappa shape index (κ1) is 16.3. The normalized spacial score (nSPS) is 11.3. The Balaban J connectivity index is 1.88. The molecule has 0 aliphatic heterocycles. The number of rotatable bonds is 7. The number of thiophene rings is 1. The van der Waals surface area contributed by atoms with E-state index in [1.54, 1.807) is 18.4 Å². The van der Waals surface area contributed by atoms with Crippen molar-refractivity contribution in [2.75, 3.05) is 18.4 Å². The van der Waals surface area contributed by atoms with E-state index in [0.717, 1.165) is 17.5 Å². The number of nitro groups is 1. The molecule has 2 aromatic heterocycles. The van der Waals surface area contributed by atoms with Crippen LogP contribution in [0, 0.1) is 17.0 Å². The number of hydrogen-bond acceptors (Lipinski definition) is 7. The van der Waals surface area contributed by atoms with Gasteiger partial charge in [0.25, 0.3) is 5.69 Å². The van der Waals surface area contributed by atoms with Gasteiger partial charge in [-0.2, -0.15) is 0 Å². The fourth-order valence-electron chi connectivity index (χ4n) is 1.70. The van der Waals surface area contributed by atoms with Crippen molar-refractivity contribution in [3.63, 3.8) is 0 Å². The summed E-state index contributed by atoms with van der Waals surface area (Å²) in [4.78, 5) is 14.1. The highest BCUT2D eigenvalue weighted by Gasteiger charge is 2.14. The molecule has 2 rings (SSSR count). The van der Waals surface area contributed by atoms with Gasteiger partial charge in [-0.1, -0.05) is 6.07 Å². The van der Waals surface area contributed by atoms with Crippen molar-refractivity contribution in [2.24, 2.45) is 0 Å². The van der Waals surface area contributed by atoms with Gasteiger partial charge in [0.15, 0.2) is 0 Å². The van der Waals surface area contributed by atoms with Crippen LogP contribution in [-0.2, 0) is 10.0 Å². The Kier molecular flexibility index (Phi) is 5.06. The second-order valence-electron chi connectivity index (χ2n) is 4.37. The Labute approximate surface area is 131 Å². The molecule has 2 heterocycles. The minimum Gasteiger partial charge on any atom is -0.369 e. The average Bonchev–Trinajstić information content (AvgIpc) is 2.99. The van der Waals surface area contributed by atoms with Crippen molar-refractivity contribution in [3.8, 4) is 0 Å². The van der Waals surface area contributed by atoms with Crippen molar-refractivity contribution in [2.45, 2.75) is 11.1 Å². The van der Waals surface area contributed by atoms with Crippen LogP contribution in [0.2, 0.25) is 0 Å². The molecule has 2 aromatic rings. The molecular weight excluding hydrogens is 328 g/mol. The maximum Gasteiger partial charge on any atom is 0.287 e. The van der Waals surface area contributed by atoms with Crippen LogP contribution >= 0.6 is 11.3 Å². The molecule has 2 N–H and O–H groups in total. The van der Waals surface area contributed by atoms with Crippen LogP contribution < -0.4 is 10.0 Å². The van der Waals surface area contributed by atoms with Crippen molar-refractivity contribution in [3.05, 3.63) is 45.5 Å². The van der Waals surface area contributed by atoms with Crippen LogP contribution in [0.25, 0.3) is 0 Å². The summed E-state index contributed by atoms with van der Waals surface area (Å²) >= 11 is 1.14. The van der Waals surface area contributed by atoms with E-state index in [4.69, 9.17) is 0 Å². The highest BCUT2D eigenvalue weighted by atomic mass is 32.2. The van der Waals surface area contributed by atoms with Crippen LogP contribution in [0.1, 0.15) is 5.56 Å². The third-order valence-corrected chi connectivity index (χ3v) is 5.60. The van der Waals surface area contributed by atoms with Gasteiger partial charge in [-0.05, 0) is 23.9 Å². The van der Waals surface area contributed by atoms with Gasteiger partial charge in [0.1, 0.15) is 16.2 Å². The largest absolute Gasteiger partial charge is 0.369 e. The van der Waals surface area contributed by atoms with Crippen LogP contribution in [-0.4, -0.2) is 31.4 Å². The molecule has 0 aromatic carbocycles. The Morgan fingerprint density at radius 3 is 2.77 bits per heavy atom. The number of nitrogens with zero attached hydrogens (tertiary/aromatic N) is 2. The number of aromatic nitrogens is 1. The molecule has 22 heavy (non-hydrogen) atoms. The minimum atomic E-state index is -3.48. The lowest BCUT2D eigenvalue weighted by atomic mass is 10.2. The molecule has 0 fully saturated rings. The summed E-state index contributed by atoms with van der Waals surface area (Å²) in [6.07, 6.45) is 1.16. The van der Waals surface area contributed by atoms with Gasteiger partial charge in [0, 0.05) is 19.2 Å². The Bertz CT molecular complexity index is 759. The van der Waals surface area contributed by atoms with Crippen LogP contribution in [0.4, 0.5) is 11.5 Å². The predicted octanol–water partition coefficient (Wildman–Crippen LogP) is 1.75. The van der Waals surface area contributed by atoms with Gasteiger partial charge >= 0.3 is 0 Å². The zero-order valence-corrected chi connectivity index (χ0v) is 13.3. The highest BCUT2D eigenvalue weighted by molar-refractivity contribution is 7.91. The van der Waals surface area contributed by atoms with E-state index in [1.807, 2.05) is 0 Å². The second-order valence-corrected chi connectivity index (χ2v) is 7.31. The van der Waals surface area contributed by atoms with E-state index in [2.05, 4.69) is 15.0 Å². The highest BCUT2D eigenvalue weighted by Crippen LogP contribution is 2.18. The number of aryl methyl sites for hydroxylation is 1. The topological polar surface area (TPSA) is 114 Å². The number of pyridine rings is 1. The molecule has 0 saturated carbocycles. The first-order valence-electron chi connectivity index (χ1n) is 6.28. The van der Waals surface area contributed by atoms with Gasteiger partial charge in [-0.3, -0.25) is 10.1 Å². The summed E-state index contributed by atoms with van der Waals surface area (Å²) in [6.45, 7) is 2.19. The van der Waals surface area contributed by atoms with Crippen LogP contribution in [0.5, 0.6) is 0 Å². The van der Waals surface area contributed by atoms with Crippen LogP contribution in [0.15, 0.2) is 34.0 Å². The van der Waals surface area contributed by atoms with E-state index in [9.17, 15) is 18.5 Å². The van der Waals surface area contributed by atoms with E-state index in [1.165, 1.54) is 12.1 Å². The minimum absolute atomic E-state index is 0.0820. The summed E-state index contributed by atoms with van der Waals surface area (Å²) in [5.41, 5.74) is 0.539. The monoisotopic (exact) mass is 342 g/mol. The molecular formula is C12H14N4O4S2. The van der Waals surface area contributed by atoms with Crippen molar-refractivity contribution in [1.29, 1.82) is 0 Å².